The Kier molecular flexibility index (Phi) is 5.40. The van der Waals surface area contributed by atoms with Crippen LogP contribution in [-0.2, 0) is 11.8 Å². The van der Waals surface area contributed by atoms with Gasteiger partial charge in [-0.25, -0.2) is 4.39 Å². The van der Waals surface area contributed by atoms with Gasteiger partial charge in [0.25, 0.3) is 5.56 Å². The van der Waals surface area contributed by atoms with E-state index in [9.17, 15) is 14.0 Å². The highest BCUT2D eigenvalue weighted by Gasteiger charge is 2.18. The van der Waals surface area contributed by atoms with Crippen LogP contribution in [0.1, 0.15) is 11.1 Å². The average molecular weight is 432 g/mol. The standard InChI is InChI=1S/C25H21FN2O4/c1-5-22(29)27-17-6-7-21(32-23-14(2)10-16(26)11-15(23)3)19(12-17)20-13-28(4)25(30)18-8-9-31-24(18)20/h5-13H,1H2,2-4H3,(H,27,29). The third-order valence-electron chi connectivity index (χ3n) is 5.14. The number of nitrogens with one attached hydrogen (secondary N) is 1. The van der Waals surface area contributed by atoms with Crippen LogP contribution < -0.4 is 15.6 Å². The van der Waals surface area contributed by atoms with Gasteiger partial charge in [-0.3, -0.25) is 9.59 Å². The molecule has 0 fully saturated rings. The lowest BCUT2D eigenvalue weighted by atomic mass is 10.0. The molecule has 0 saturated carbocycles. The summed E-state index contributed by atoms with van der Waals surface area (Å²) < 4.78 is 27.1. The lowest BCUT2D eigenvalue weighted by Gasteiger charge is -2.17. The van der Waals surface area contributed by atoms with Crippen molar-refractivity contribution < 1.29 is 18.3 Å². The van der Waals surface area contributed by atoms with Crippen molar-refractivity contribution in [2.75, 3.05) is 5.32 Å². The summed E-state index contributed by atoms with van der Waals surface area (Å²) in [5.74, 6) is 0.274. The molecule has 0 aliphatic rings. The molecule has 0 radical (unpaired) electrons. The number of aryl methyl sites for hydroxylation is 3. The maximum Gasteiger partial charge on any atom is 0.261 e. The van der Waals surface area contributed by atoms with E-state index in [1.807, 2.05) is 0 Å². The predicted molar refractivity (Wildman–Crippen MR) is 122 cm³/mol. The van der Waals surface area contributed by atoms with Gasteiger partial charge in [0.1, 0.15) is 22.9 Å². The number of pyridine rings is 1. The van der Waals surface area contributed by atoms with Crippen molar-refractivity contribution in [3.63, 3.8) is 0 Å². The Morgan fingerprint density at radius 2 is 1.88 bits per heavy atom. The van der Waals surface area contributed by atoms with Crippen LogP contribution >= 0.6 is 0 Å². The summed E-state index contributed by atoms with van der Waals surface area (Å²) in [5, 5.41) is 3.15. The van der Waals surface area contributed by atoms with Crippen molar-refractivity contribution in [1.82, 2.24) is 4.57 Å². The maximum atomic E-state index is 13.8. The van der Waals surface area contributed by atoms with Crippen molar-refractivity contribution >= 4 is 22.6 Å². The van der Waals surface area contributed by atoms with E-state index in [4.69, 9.17) is 9.15 Å². The molecule has 0 bridgehead atoms. The van der Waals surface area contributed by atoms with Crippen molar-refractivity contribution in [1.29, 1.82) is 0 Å². The largest absolute Gasteiger partial charge is 0.463 e. The van der Waals surface area contributed by atoms with E-state index >= 15 is 0 Å². The summed E-state index contributed by atoms with van der Waals surface area (Å²) in [7, 11) is 1.65. The van der Waals surface area contributed by atoms with E-state index < -0.39 is 0 Å². The first kappa shape index (κ1) is 21.1. The molecule has 0 unspecified atom stereocenters. The summed E-state index contributed by atoms with van der Waals surface area (Å²) in [6, 6.07) is 9.53. The second kappa shape index (κ2) is 8.19. The highest BCUT2D eigenvalue weighted by Crippen LogP contribution is 2.40. The Morgan fingerprint density at radius 1 is 1.16 bits per heavy atom. The number of hydrogen-bond donors (Lipinski definition) is 1. The van der Waals surface area contributed by atoms with Crippen LogP contribution in [0.15, 0.2) is 70.7 Å². The molecular formula is C25H21FN2O4. The second-order valence-electron chi connectivity index (χ2n) is 7.50. The predicted octanol–water partition coefficient (Wildman–Crippen LogP) is 5.47. The first-order valence-corrected chi connectivity index (χ1v) is 9.87. The molecule has 2 aromatic carbocycles. The van der Waals surface area contributed by atoms with Gasteiger partial charge in [0, 0.05) is 30.1 Å². The molecule has 2 aromatic heterocycles. The van der Waals surface area contributed by atoms with Crippen molar-refractivity contribution in [2.45, 2.75) is 13.8 Å². The number of nitrogens with zero attached hydrogens (tertiary/aromatic N) is 1. The van der Waals surface area contributed by atoms with Gasteiger partial charge in [0.05, 0.1) is 11.6 Å². The number of aromatic nitrogens is 1. The van der Waals surface area contributed by atoms with Gasteiger partial charge in [-0.15, -0.1) is 0 Å². The highest BCUT2D eigenvalue weighted by atomic mass is 19.1. The second-order valence-corrected chi connectivity index (χ2v) is 7.50. The normalized spacial score (nSPS) is 10.9. The van der Waals surface area contributed by atoms with Crippen LogP contribution in [0.5, 0.6) is 11.5 Å². The van der Waals surface area contributed by atoms with E-state index in [2.05, 4.69) is 11.9 Å². The number of amides is 1. The highest BCUT2D eigenvalue weighted by molar-refractivity contribution is 6.00. The van der Waals surface area contributed by atoms with Gasteiger partial charge in [0.15, 0.2) is 0 Å². The van der Waals surface area contributed by atoms with E-state index in [1.54, 1.807) is 51.4 Å². The minimum atomic E-state index is -0.363. The SMILES string of the molecule is C=CC(=O)Nc1ccc(Oc2c(C)cc(F)cc2C)c(-c2cn(C)c(=O)c3ccoc23)c1. The number of halogens is 1. The molecule has 0 atom stereocenters. The summed E-state index contributed by atoms with van der Waals surface area (Å²) in [4.78, 5) is 24.3. The summed E-state index contributed by atoms with van der Waals surface area (Å²) in [6.07, 6.45) is 4.28. The molecular weight excluding hydrogens is 411 g/mol. The fraction of sp³-hybridized carbons (Fsp3) is 0.120. The van der Waals surface area contributed by atoms with Crippen LogP contribution in [0.25, 0.3) is 22.1 Å². The topological polar surface area (TPSA) is 73.5 Å². The van der Waals surface area contributed by atoms with Crippen LogP contribution in [0, 0.1) is 19.7 Å². The zero-order chi connectivity index (χ0) is 23.0. The third-order valence-corrected chi connectivity index (χ3v) is 5.14. The number of carbonyl (C=O) groups excluding carboxylic acids is 1. The lowest BCUT2D eigenvalue weighted by molar-refractivity contribution is -0.111. The molecule has 32 heavy (non-hydrogen) atoms. The third kappa shape index (κ3) is 3.80. The van der Waals surface area contributed by atoms with Crippen LogP contribution in [0.3, 0.4) is 0 Å². The van der Waals surface area contributed by atoms with Crippen LogP contribution in [-0.4, -0.2) is 10.5 Å². The molecule has 0 spiro atoms. The Hall–Kier alpha value is -4.13. The van der Waals surface area contributed by atoms with Crippen LogP contribution in [0.2, 0.25) is 0 Å². The van der Waals surface area contributed by atoms with E-state index in [0.717, 1.165) is 0 Å². The maximum absolute atomic E-state index is 13.8. The fourth-order valence-corrected chi connectivity index (χ4v) is 3.65. The summed E-state index contributed by atoms with van der Waals surface area (Å²) >= 11 is 0. The number of carbonyl (C=O) groups is 1. The molecule has 0 saturated heterocycles. The minimum Gasteiger partial charge on any atom is -0.463 e. The Bertz CT molecular complexity index is 1410. The van der Waals surface area contributed by atoms with Crippen molar-refractivity contribution in [3.8, 4) is 22.6 Å². The molecule has 6 nitrogen and oxygen atoms in total. The first-order valence-electron chi connectivity index (χ1n) is 9.87. The number of anilines is 1. The Morgan fingerprint density at radius 3 is 2.56 bits per heavy atom. The molecule has 2 heterocycles. The van der Waals surface area contributed by atoms with Gasteiger partial charge >= 0.3 is 0 Å². The minimum absolute atomic E-state index is 0.193. The van der Waals surface area contributed by atoms with E-state index in [1.165, 1.54) is 29.0 Å². The number of rotatable bonds is 5. The molecule has 4 aromatic rings. The molecule has 1 amide bonds. The molecule has 7 heteroatoms. The van der Waals surface area contributed by atoms with Gasteiger partial charge in [-0.2, -0.15) is 0 Å². The average Bonchev–Trinajstić information content (AvgIpc) is 3.24. The lowest BCUT2D eigenvalue weighted by Crippen LogP contribution is -2.15. The number of hydrogen-bond acceptors (Lipinski definition) is 4. The number of furan rings is 1. The summed E-state index contributed by atoms with van der Waals surface area (Å²) in [5.41, 5.74) is 3.19. The van der Waals surface area contributed by atoms with Gasteiger partial charge in [-0.05, 0) is 67.4 Å². The monoisotopic (exact) mass is 432 g/mol. The zero-order valence-electron chi connectivity index (χ0n) is 17.9. The number of ether oxygens (including phenoxy) is 1. The van der Waals surface area contributed by atoms with Crippen molar-refractivity contribution in [2.24, 2.45) is 7.05 Å². The molecule has 0 aliphatic heterocycles. The molecule has 4 rings (SSSR count). The summed E-state index contributed by atoms with van der Waals surface area (Å²) in [6.45, 7) is 7.00. The zero-order valence-corrected chi connectivity index (χ0v) is 17.9. The molecule has 0 aliphatic carbocycles. The quantitative estimate of drug-likeness (QED) is 0.425. The molecule has 1 N–H and O–H groups in total. The van der Waals surface area contributed by atoms with Gasteiger partial charge in [0.2, 0.25) is 5.91 Å². The Labute approximate surface area is 183 Å². The smallest absolute Gasteiger partial charge is 0.261 e. The number of benzene rings is 2. The van der Waals surface area contributed by atoms with Gasteiger partial charge in [-0.1, -0.05) is 6.58 Å². The Balaban J connectivity index is 1.94. The molecule has 162 valence electrons. The fourth-order valence-electron chi connectivity index (χ4n) is 3.65. The van der Waals surface area contributed by atoms with E-state index in [0.29, 0.717) is 50.4 Å². The van der Waals surface area contributed by atoms with E-state index in [-0.39, 0.29) is 17.3 Å². The first-order chi connectivity index (χ1) is 15.3. The number of fused-ring (bicyclic) bond motifs is 1. The van der Waals surface area contributed by atoms with Crippen molar-refractivity contribution in [3.05, 3.63) is 88.8 Å². The van der Waals surface area contributed by atoms with Crippen LogP contribution in [0.4, 0.5) is 10.1 Å². The van der Waals surface area contributed by atoms with Gasteiger partial charge < -0.3 is 19.0 Å².